The zero-order chi connectivity index (χ0) is 24.6. The lowest BCUT2D eigenvalue weighted by molar-refractivity contribution is -0.163. The molecule has 2 saturated heterocycles. The highest BCUT2D eigenvalue weighted by molar-refractivity contribution is 5.82. The average Bonchev–Trinajstić information content (AvgIpc) is 3.60. The van der Waals surface area contributed by atoms with Crippen molar-refractivity contribution in [3.8, 4) is 0 Å². The first-order valence-electron chi connectivity index (χ1n) is 11.8. The number of fused-ring (bicyclic) bond motifs is 1. The van der Waals surface area contributed by atoms with Crippen LogP contribution in [0.5, 0.6) is 0 Å². The number of nitrogens with zero attached hydrogens (tertiary/aromatic N) is 4. The summed E-state index contributed by atoms with van der Waals surface area (Å²) in [5.74, 6) is -0.427. The van der Waals surface area contributed by atoms with Gasteiger partial charge >= 0.3 is 11.9 Å². The molecule has 2 fully saturated rings. The summed E-state index contributed by atoms with van der Waals surface area (Å²) in [4.78, 5) is 37.3. The van der Waals surface area contributed by atoms with Gasteiger partial charge in [0.25, 0.3) is 0 Å². The minimum atomic E-state index is -0.677. The molecule has 4 atom stereocenters. The smallest absolute Gasteiger partial charge is 0.332 e. The van der Waals surface area contributed by atoms with Gasteiger partial charge in [-0.2, -0.15) is 0 Å². The molecule has 2 aromatic heterocycles. The van der Waals surface area contributed by atoms with Crippen LogP contribution in [0, 0.1) is 0 Å². The van der Waals surface area contributed by atoms with Crippen molar-refractivity contribution >= 4 is 28.9 Å². The summed E-state index contributed by atoms with van der Waals surface area (Å²) in [6.07, 6.45) is 2.40. The predicted octanol–water partition coefficient (Wildman–Crippen LogP) is 0.843. The summed E-state index contributed by atoms with van der Waals surface area (Å²) >= 11 is 0. The maximum Gasteiger partial charge on any atom is 0.332 e. The van der Waals surface area contributed by atoms with Gasteiger partial charge in [-0.25, -0.2) is 24.5 Å². The maximum absolute atomic E-state index is 12.2. The van der Waals surface area contributed by atoms with E-state index in [0.717, 1.165) is 6.42 Å². The minimum absolute atomic E-state index is 0.0922. The lowest BCUT2D eigenvalue weighted by Gasteiger charge is -2.18. The number of carbonyl (C=O) groups excluding carboxylic acids is 2. The van der Waals surface area contributed by atoms with Gasteiger partial charge in [-0.15, -0.1) is 0 Å². The zero-order valence-electron chi connectivity index (χ0n) is 19.9. The van der Waals surface area contributed by atoms with Crippen LogP contribution in [0.2, 0.25) is 0 Å². The van der Waals surface area contributed by atoms with Crippen molar-refractivity contribution in [1.29, 1.82) is 0 Å². The van der Waals surface area contributed by atoms with E-state index in [1.165, 1.54) is 6.33 Å². The molecule has 2 aromatic rings. The Hall–Kier alpha value is -2.87. The highest BCUT2D eigenvalue weighted by atomic mass is 16.6. The van der Waals surface area contributed by atoms with Crippen LogP contribution in [0.3, 0.4) is 0 Å². The van der Waals surface area contributed by atoms with Crippen molar-refractivity contribution in [2.45, 2.75) is 51.2 Å². The van der Waals surface area contributed by atoms with Crippen LogP contribution >= 0.6 is 0 Å². The molecular formula is C22H31N5O8. The second-order valence-electron chi connectivity index (χ2n) is 8.10. The van der Waals surface area contributed by atoms with Crippen molar-refractivity contribution in [2.24, 2.45) is 0 Å². The molecule has 35 heavy (non-hydrogen) atoms. The Morgan fingerprint density at radius 3 is 2.69 bits per heavy atom. The fourth-order valence-corrected chi connectivity index (χ4v) is 3.95. The predicted molar refractivity (Wildman–Crippen MR) is 121 cm³/mol. The number of aromatic nitrogens is 4. The average molecular weight is 494 g/mol. The summed E-state index contributed by atoms with van der Waals surface area (Å²) in [7, 11) is 0. The van der Waals surface area contributed by atoms with Crippen molar-refractivity contribution in [3.05, 3.63) is 12.7 Å². The van der Waals surface area contributed by atoms with Gasteiger partial charge in [-0.05, 0) is 20.3 Å². The molecule has 0 radical (unpaired) electrons. The van der Waals surface area contributed by atoms with Gasteiger partial charge in [0.05, 0.1) is 19.0 Å². The molecule has 2 aliphatic heterocycles. The van der Waals surface area contributed by atoms with Gasteiger partial charge in [-0.3, -0.25) is 4.57 Å². The van der Waals surface area contributed by atoms with Crippen molar-refractivity contribution in [1.82, 2.24) is 19.5 Å². The number of nitrogens with one attached hydrogen (secondary N) is 1. The summed E-state index contributed by atoms with van der Waals surface area (Å²) in [6.45, 7) is 5.25. The largest absolute Gasteiger partial charge is 0.461 e. The van der Waals surface area contributed by atoms with Crippen LogP contribution in [0.1, 0.15) is 32.9 Å². The third-order valence-electron chi connectivity index (χ3n) is 5.66. The Morgan fingerprint density at radius 2 is 1.94 bits per heavy atom. The van der Waals surface area contributed by atoms with Gasteiger partial charge in [0.15, 0.2) is 17.0 Å². The Labute approximate surface area is 202 Å². The number of anilines is 1. The fourth-order valence-electron chi connectivity index (χ4n) is 3.95. The number of ether oxygens (including phenoxy) is 6. The lowest BCUT2D eigenvalue weighted by atomic mass is 10.2. The maximum atomic E-state index is 12.2. The first-order valence-corrected chi connectivity index (χ1v) is 11.8. The normalized spacial score (nSPS) is 24.1. The fraction of sp³-hybridized carbons (Fsp3) is 0.682. The Kier molecular flexibility index (Phi) is 8.79. The molecule has 192 valence electrons. The van der Waals surface area contributed by atoms with Gasteiger partial charge < -0.3 is 33.7 Å². The van der Waals surface area contributed by atoms with E-state index in [-0.39, 0.29) is 25.9 Å². The first kappa shape index (κ1) is 25.2. The van der Waals surface area contributed by atoms with Crippen LogP contribution in [-0.2, 0) is 38.0 Å². The third kappa shape index (κ3) is 6.42. The van der Waals surface area contributed by atoms with E-state index in [9.17, 15) is 9.59 Å². The molecule has 4 heterocycles. The molecule has 13 nitrogen and oxygen atoms in total. The number of rotatable bonds is 12. The van der Waals surface area contributed by atoms with E-state index in [1.807, 2.05) is 0 Å². The number of imidazole rings is 1. The number of hydrogen-bond acceptors (Lipinski definition) is 12. The number of esters is 2. The van der Waals surface area contributed by atoms with Crippen LogP contribution in [0.4, 0.5) is 5.82 Å². The lowest BCUT2D eigenvalue weighted by Crippen LogP contribution is -2.33. The van der Waals surface area contributed by atoms with Crippen LogP contribution in [0.25, 0.3) is 11.2 Å². The second-order valence-corrected chi connectivity index (χ2v) is 8.10. The summed E-state index contributed by atoms with van der Waals surface area (Å²) in [6, 6.07) is 0.158. The molecule has 0 bridgehead atoms. The molecular weight excluding hydrogens is 462 g/mol. The van der Waals surface area contributed by atoms with Crippen molar-refractivity contribution in [3.63, 3.8) is 0 Å². The quantitative estimate of drug-likeness (QED) is 0.418. The summed E-state index contributed by atoms with van der Waals surface area (Å²) in [5, 5.41) is 3.36. The standard InChI is InChI=1S/C22H31N5O8/c1-3-30-10-18(28)33-9-16-15(35-19(29)11-31-4-2)7-17(34-16)27-13-25-20-21(23-12-24-22(20)27)26-14-5-6-32-8-14/h12-17H,3-11H2,1-2H3,(H,23,24,26)/t14-,15-,16-,17?/m1/s1. The van der Waals surface area contributed by atoms with Crippen molar-refractivity contribution in [2.75, 3.05) is 51.6 Å². The van der Waals surface area contributed by atoms with E-state index in [4.69, 9.17) is 28.4 Å². The highest BCUT2D eigenvalue weighted by Gasteiger charge is 2.40. The molecule has 0 amide bonds. The van der Waals surface area contributed by atoms with E-state index in [1.54, 1.807) is 24.7 Å². The molecule has 0 aliphatic carbocycles. The molecule has 1 unspecified atom stereocenters. The molecule has 0 spiro atoms. The molecule has 0 aromatic carbocycles. The summed E-state index contributed by atoms with van der Waals surface area (Å²) < 4.78 is 34.4. The number of carbonyl (C=O) groups is 2. The highest BCUT2D eigenvalue weighted by Crippen LogP contribution is 2.34. The Morgan fingerprint density at radius 1 is 1.14 bits per heavy atom. The molecule has 2 aliphatic rings. The Balaban J connectivity index is 1.48. The van der Waals surface area contributed by atoms with E-state index < -0.39 is 30.4 Å². The van der Waals surface area contributed by atoms with Gasteiger partial charge in [0, 0.05) is 26.2 Å². The van der Waals surface area contributed by atoms with Crippen LogP contribution in [0.15, 0.2) is 12.7 Å². The molecule has 1 N–H and O–H groups in total. The topological polar surface area (TPSA) is 145 Å². The van der Waals surface area contributed by atoms with Gasteiger partial charge in [-0.1, -0.05) is 0 Å². The van der Waals surface area contributed by atoms with E-state index >= 15 is 0 Å². The Bertz CT molecular complexity index is 995. The van der Waals surface area contributed by atoms with Crippen molar-refractivity contribution < 1.29 is 38.0 Å². The zero-order valence-corrected chi connectivity index (χ0v) is 19.9. The minimum Gasteiger partial charge on any atom is -0.461 e. The van der Waals surface area contributed by atoms with Crippen LogP contribution < -0.4 is 5.32 Å². The summed E-state index contributed by atoms with van der Waals surface area (Å²) in [5.41, 5.74) is 1.17. The van der Waals surface area contributed by atoms with Gasteiger partial charge in [0.2, 0.25) is 0 Å². The number of hydrogen-bond donors (Lipinski definition) is 1. The second kappa shape index (κ2) is 12.2. The van der Waals surface area contributed by atoms with E-state index in [0.29, 0.717) is 49.8 Å². The van der Waals surface area contributed by atoms with Crippen LogP contribution in [-0.4, -0.2) is 96.0 Å². The van der Waals surface area contributed by atoms with Gasteiger partial charge in [0.1, 0.15) is 44.6 Å². The third-order valence-corrected chi connectivity index (χ3v) is 5.66. The SMILES string of the molecule is CCOCC(=O)OC[C@H]1OC(n2cnc3c(N[C@@H]4CCOC4)ncnc32)C[C@H]1OC(=O)COCC. The molecule has 0 saturated carbocycles. The monoisotopic (exact) mass is 493 g/mol. The molecule has 4 rings (SSSR count). The van der Waals surface area contributed by atoms with E-state index in [2.05, 4.69) is 20.3 Å². The molecule has 13 heteroatoms. The first-order chi connectivity index (χ1) is 17.1.